The van der Waals surface area contributed by atoms with E-state index in [2.05, 4.69) is 34.3 Å². The van der Waals surface area contributed by atoms with Crippen LogP contribution in [0.25, 0.3) is 10.9 Å². The number of nitrogens with one attached hydrogen (secondary N) is 1. The summed E-state index contributed by atoms with van der Waals surface area (Å²) in [7, 11) is 1.62. The molecule has 1 heterocycles. The Labute approximate surface area is 170 Å². The van der Waals surface area contributed by atoms with Crippen molar-refractivity contribution in [2.45, 2.75) is 44.8 Å². The van der Waals surface area contributed by atoms with Crippen LogP contribution in [0.1, 0.15) is 44.2 Å². The van der Waals surface area contributed by atoms with Gasteiger partial charge in [0.1, 0.15) is 17.9 Å². The second-order valence-corrected chi connectivity index (χ2v) is 7.38. The number of anilines is 1. The van der Waals surface area contributed by atoms with Crippen LogP contribution < -0.4 is 14.8 Å². The van der Waals surface area contributed by atoms with Gasteiger partial charge in [-0.25, -0.2) is 9.97 Å². The number of carbonyl (C=O) groups is 1. The summed E-state index contributed by atoms with van der Waals surface area (Å²) in [6, 6.07) is 14.1. The van der Waals surface area contributed by atoms with Crippen molar-refractivity contribution in [3.05, 3.63) is 54.4 Å². The molecule has 3 aromatic rings. The van der Waals surface area contributed by atoms with Crippen molar-refractivity contribution < 1.29 is 14.3 Å². The lowest BCUT2D eigenvalue weighted by atomic mass is 9.96. The lowest BCUT2D eigenvalue weighted by Crippen LogP contribution is -2.24. The number of hydrogen-bond donors (Lipinski definition) is 1. The van der Waals surface area contributed by atoms with Gasteiger partial charge in [0.25, 0.3) is 0 Å². The molecule has 150 valence electrons. The molecule has 0 bridgehead atoms. The Hall–Kier alpha value is -3.15. The first-order valence-electron chi connectivity index (χ1n) is 9.96. The van der Waals surface area contributed by atoms with E-state index in [4.69, 9.17) is 9.47 Å². The number of ether oxygens (including phenoxy) is 2. The number of methoxy groups -OCH3 is 1. The number of Topliss-reactive ketones (excluding diaryl/α,β-unsaturated/α-hetero) is 1. The van der Waals surface area contributed by atoms with Crippen LogP contribution in [-0.2, 0) is 4.79 Å². The summed E-state index contributed by atoms with van der Waals surface area (Å²) in [6.45, 7) is 2.10. The maximum absolute atomic E-state index is 11.5. The minimum absolute atomic E-state index is 0.0170. The Bertz CT molecular complexity index is 997. The van der Waals surface area contributed by atoms with Gasteiger partial charge in [-0.05, 0) is 31.4 Å². The van der Waals surface area contributed by atoms with E-state index in [-0.39, 0.29) is 12.1 Å². The van der Waals surface area contributed by atoms with Gasteiger partial charge in [-0.1, -0.05) is 30.3 Å². The summed E-state index contributed by atoms with van der Waals surface area (Å²) in [4.78, 5) is 20.4. The average Bonchev–Trinajstić information content (AvgIpc) is 2.76. The van der Waals surface area contributed by atoms with E-state index in [1.807, 2.05) is 30.3 Å². The van der Waals surface area contributed by atoms with Gasteiger partial charge in [-0.3, -0.25) is 4.79 Å². The Morgan fingerprint density at radius 1 is 1.07 bits per heavy atom. The fourth-order valence-corrected chi connectivity index (χ4v) is 3.67. The molecular formula is C23H25N3O3. The lowest BCUT2D eigenvalue weighted by molar-refractivity contribution is -0.121. The van der Waals surface area contributed by atoms with Crippen LogP contribution >= 0.6 is 0 Å². The van der Waals surface area contributed by atoms with E-state index in [0.29, 0.717) is 30.1 Å². The highest BCUT2D eigenvalue weighted by Crippen LogP contribution is 2.36. The van der Waals surface area contributed by atoms with Crippen molar-refractivity contribution in [3.63, 3.8) is 0 Å². The molecule has 1 atom stereocenters. The second-order valence-electron chi connectivity index (χ2n) is 7.38. The van der Waals surface area contributed by atoms with Crippen LogP contribution in [0.3, 0.4) is 0 Å². The molecule has 1 fully saturated rings. The molecule has 1 aliphatic carbocycles. The zero-order valence-corrected chi connectivity index (χ0v) is 16.7. The summed E-state index contributed by atoms with van der Waals surface area (Å²) in [5, 5.41) is 4.36. The van der Waals surface area contributed by atoms with Gasteiger partial charge in [0.05, 0.1) is 18.7 Å². The Morgan fingerprint density at radius 2 is 1.83 bits per heavy atom. The molecule has 0 aliphatic heterocycles. The topological polar surface area (TPSA) is 73.3 Å². The molecule has 1 N–H and O–H groups in total. The van der Waals surface area contributed by atoms with Crippen LogP contribution in [0.15, 0.2) is 48.8 Å². The van der Waals surface area contributed by atoms with Crippen molar-refractivity contribution in [1.29, 1.82) is 0 Å². The quantitative estimate of drug-likeness (QED) is 0.656. The fourth-order valence-electron chi connectivity index (χ4n) is 3.67. The molecule has 1 aromatic heterocycles. The normalized spacial score (nSPS) is 15.9. The zero-order valence-electron chi connectivity index (χ0n) is 16.7. The van der Waals surface area contributed by atoms with Crippen molar-refractivity contribution in [3.8, 4) is 11.5 Å². The first-order chi connectivity index (χ1) is 14.1. The molecule has 29 heavy (non-hydrogen) atoms. The SMILES string of the molecule is COc1cc2ncnc(NC(C)c3ccccc3)c2cc1OC1CCC(=O)CC1. The summed E-state index contributed by atoms with van der Waals surface area (Å²) < 4.78 is 11.8. The standard InChI is InChI=1S/C23H25N3O3/c1-15(16-6-4-3-5-7-16)26-23-19-12-22(29-18-10-8-17(27)9-11-18)21(28-2)13-20(19)24-14-25-23/h3-7,12-15,18H,8-11H2,1-2H3,(H,24,25,26). The number of nitrogens with zero attached hydrogens (tertiary/aromatic N) is 2. The first kappa shape index (κ1) is 19.2. The number of aromatic nitrogens is 2. The highest BCUT2D eigenvalue weighted by atomic mass is 16.5. The Kier molecular flexibility index (Phi) is 5.60. The second kappa shape index (κ2) is 8.47. The van der Waals surface area contributed by atoms with Gasteiger partial charge in [0, 0.05) is 30.3 Å². The number of rotatable bonds is 6. The van der Waals surface area contributed by atoms with Gasteiger partial charge in [-0.15, -0.1) is 0 Å². The molecule has 0 spiro atoms. The molecule has 6 heteroatoms. The van der Waals surface area contributed by atoms with Crippen LogP contribution in [0.5, 0.6) is 11.5 Å². The van der Waals surface area contributed by atoms with Gasteiger partial charge < -0.3 is 14.8 Å². The third kappa shape index (κ3) is 4.31. The van der Waals surface area contributed by atoms with Crippen molar-refractivity contribution in [2.24, 2.45) is 0 Å². The van der Waals surface area contributed by atoms with Gasteiger partial charge in [-0.2, -0.15) is 0 Å². The average molecular weight is 391 g/mol. The summed E-state index contributed by atoms with van der Waals surface area (Å²) >= 11 is 0. The number of hydrogen-bond acceptors (Lipinski definition) is 6. The molecule has 1 unspecified atom stereocenters. The largest absolute Gasteiger partial charge is 0.493 e. The minimum atomic E-state index is 0.0170. The smallest absolute Gasteiger partial charge is 0.162 e. The van der Waals surface area contributed by atoms with E-state index in [1.165, 1.54) is 5.56 Å². The molecule has 2 aromatic carbocycles. The molecule has 6 nitrogen and oxygen atoms in total. The van der Waals surface area contributed by atoms with Crippen LogP contribution in [0, 0.1) is 0 Å². The number of fused-ring (bicyclic) bond motifs is 1. The maximum Gasteiger partial charge on any atom is 0.162 e. The first-order valence-corrected chi connectivity index (χ1v) is 9.96. The maximum atomic E-state index is 11.5. The van der Waals surface area contributed by atoms with Crippen molar-refractivity contribution in [2.75, 3.05) is 12.4 Å². The van der Waals surface area contributed by atoms with E-state index in [1.54, 1.807) is 13.4 Å². The number of benzene rings is 2. The predicted molar refractivity (Wildman–Crippen MR) is 112 cm³/mol. The number of carbonyl (C=O) groups excluding carboxylic acids is 1. The van der Waals surface area contributed by atoms with Crippen molar-refractivity contribution >= 4 is 22.5 Å². The molecule has 0 radical (unpaired) electrons. The third-order valence-corrected chi connectivity index (χ3v) is 5.36. The van der Waals surface area contributed by atoms with Gasteiger partial charge in [0.15, 0.2) is 11.5 Å². The Morgan fingerprint density at radius 3 is 2.55 bits per heavy atom. The van der Waals surface area contributed by atoms with Gasteiger partial charge >= 0.3 is 0 Å². The predicted octanol–water partition coefficient (Wildman–Crippen LogP) is 4.70. The van der Waals surface area contributed by atoms with Crippen LogP contribution in [0.2, 0.25) is 0 Å². The molecular weight excluding hydrogens is 366 g/mol. The van der Waals surface area contributed by atoms with E-state index >= 15 is 0 Å². The molecule has 4 rings (SSSR count). The monoisotopic (exact) mass is 391 g/mol. The van der Waals surface area contributed by atoms with E-state index in [9.17, 15) is 4.79 Å². The minimum Gasteiger partial charge on any atom is -0.493 e. The molecule has 1 saturated carbocycles. The van der Waals surface area contributed by atoms with Crippen LogP contribution in [0.4, 0.5) is 5.82 Å². The van der Waals surface area contributed by atoms with E-state index < -0.39 is 0 Å². The zero-order chi connectivity index (χ0) is 20.2. The molecule has 0 amide bonds. The molecule has 1 aliphatic rings. The summed E-state index contributed by atoms with van der Waals surface area (Å²) in [5.41, 5.74) is 1.96. The lowest BCUT2D eigenvalue weighted by Gasteiger charge is -2.24. The molecule has 0 saturated heterocycles. The van der Waals surface area contributed by atoms with Crippen molar-refractivity contribution in [1.82, 2.24) is 9.97 Å². The van der Waals surface area contributed by atoms with E-state index in [0.717, 1.165) is 29.6 Å². The Balaban J connectivity index is 1.64. The third-order valence-electron chi connectivity index (χ3n) is 5.36. The van der Waals surface area contributed by atoms with Crippen LogP contribution in [-0.4, -0.2) is 29.0 Å². The number of ketones is 1. The summed E-state index contributed by atoms with van der Waals surface area (Å²) in [6.07, 6.45) is 4.19. The van der Waals surface area contributed by atoms with Gasteiger partial charge in [0.2, 0.25) is 0 Å². The highest BCUT2D eigenvalue weighted by molar-refractivity contribution is 5.91. The fraction of sp³-hybridized carbons (Fsp3) is 0.348. The highest BCUT2D eigenvalue weighted by Gasteiger charge is 2.22. The summed E-state index contributed by atoms with van der Waals surface area (Å²) in [5.74, 6) is 2.35.